The van der Waals surface area contributed by atoms with Crippen molar-refractivity contribution in [3.8, 4) is 0 Å². The average Bonchev–Trinajstić information content (AvgIpc) is 1.66. The molecule has 0 unspecified atom stereocenters. The van der Waals surface area contributed by atoms with Crippen LogP contribution < -0.4 is 153 Å². The highest BCUT2D eigenvalue weighted by Crippen LogP contribution is 2.28. The molecule has 2 aromatic rings. The zero-order valence-corrected chi connectivity index (χ0v) is 74.2. The Morgan fingerprint density at radius 3 is 1.01 bits per heavy atom. The van der Waals surface area contributed by atoms with Crippen LogP contribution >= 0.6 is 0 Å². The predicted molar refractivity (Wildman–Crippen MR) is 484 cm³/mol. The molecule has 0 saturated carbocycles. The van der Waals surface area contributed by atoms with Crippen molar-refractivity contribution in [1.82, 2.24) is 116 Å². The molecule has 0 aliphatic carbocycles. The third-order valence-corrected chi connectivity index (χ3v) is 21.6. The van der Waals surface area contributed by atoms with Gasteiger partial charge in [-0.15, -0.1) is 0 Å². The standard InChI is InChI=1S/C78H132N38O17/c1-39-58(120)114-53(38-117)68(130)109-46(18-7-29-98-75(87)88)62(124)110-49(24-25-56(79)118)65(127)106-48(20-9-31-100-77(91)92)64(126)112-52(36-57(80)119)67(129)108-47(19-8-30-99-76(89)90)63(125)111-50(21-10-32-101-78(93)94)70(132)116-34-12-23-55(116)71(133)115-33-11-22-54(115)69(131)113-51(35-40-37-102-42-14-3-2-13-41(40)42)66(128)107-45(17-6-28-97-74(85)86)61(123)105-44(16-5-27-96-73(83)84)60(122)104-43(59(121)103-39)15-4-26-95-72(81)82/h2-3,13-14,37,39,43-55,102,117H,4-12,15-36,38H2,1H3,(H2,79,118)(H2,80,119)(H,103,121)(H,104,122)(H,105,123)(H,106,127)(H,107,128)(H,108,129)(H,109,130)(H,110,124)(H,111,125)(H,112,126)(H,113,131)(H,114,120)(H4,81,82,95)(H4,83,84,96)(H4,85,86,97)(H4,87,88,98)(H4,89,90,99)(H4,91,92,100)(H4,93,94,101)/t39-,43-,44-,45-,46+,47-,48-,49-,50-,51-,52-,53-,54+,55-/m0/s1. The quantitative estimate of drug-likeness (QED) is 0.0171. The number of para-hydroxylation sites is 1. The SMILES string of the molecule is C[C@@H]1NC(=O)[C@H](CCCNC(=N)N)NC(=O)[C@H](CCCNC(=N)N)NC(=O)[C@H](CCCNC(=N)N)NC(=O)[C@H](Cc2c[nH]c3ccccc23)NC(=O)[C@H]2CCCN2C(=O)[C@@H]2CCCN2C(=O)[C@H](CCCNC(=N)N)NC(=O)[C@H](CCCNC(=N)N)NC(=O)[C@H](CC(N)=O)NC(=O)[C@H](CCCNC(=N)N)NC(=O)[C@H](CCC(N)=O)NC(=O)[C@@H](CCCNC(=N)N)NC(=O)[C@H](CO)NC1=O. The number of carbonyl (C=O) groups is 16. The Bertz CT molecular complexity index is 4480. The Labute approximate surface area is 765 Å². The maximum absolute atomic E-state index is 15.4. The molecular formula is C78H132N38O17. The number of carbonyl (C=O) groups excluding carboxylic acids is 16. The Morgan fingerprint density at radius 2 is 0.647 bits per heavy atom. The van der Waals surface area contributed by atoms with Gasteiger partial charge in [-0.1, -0.05) is 18.2 Å². The van der Waals surface area contributed by atoms with Gasteiger partial charge in [-0.3, -0.25) is 115 Å². The molecule has 46 N–H and O–H groups in total. The van der Waals surface area contributed by atoms with Crippen molar-refractivity contribution in [3.05, 3.63) is 36.0 Å². The molecule has 5 rings (SSSR count). The van der Waals surface area contributed by atoms with E-state index >= 15 is 28.8 Å². The van der Waals surface area contributed by atoms with Crippen LogP contribution in [0.25, 0.3) is 10.9 Å². The first-order valence-corrected chi connectivity index (χ1v) is 43.6. The molecule has 0 bridgehead atoms. The smallest absolute Gasteiger partial charge is 0.246 e. The van der Waals surface area contributed by atoms with Gasteiger partial charge in [-0.25, -0.2) is 0 Å². The van der Waals surface area contributed by atoms with Gasteiger partial charge in [0.2, 0.25) is 94.5 Å². The maximum atomic E-state index is 15.4. The van der Waals surface area contributed by atoms with Crippen molar-refractivity contribution >= 4 is 147 Å². The minimum atomic E-state index is -2.01. The van der Waals surface area contributed by atoms with Gasteiger partial charge >= 0.3 is 0 Å². The number of hydrogen-bond donors (Lipinski definition) is 37. The number of primary amides is 2. The highest BCUT2D eigenvalue weighted by molar-refractivity contribution is 6.02. The number of aromatic nitrogens is 1. The number of guanidine groups is 7. The Balaban J connectivity index is 1.71. The molecule has 55 nitrogen and oxygen atoms in total. The summed E-state index contributed by atoms with van der Waals surface area (Å²) in [6, 6.07) is -16.4. The van der Waals surface area contributed by atoms with Crippen LogP contribution in [0.5, 0.6) is 0 Å². The summed E-state index contributed by atoms with van der Waals surface area (Å²) in [5, 5.41) is 114. The van der Waals surface area contributed by atoms with Crippen LogP contribution in [0, 0.1) is 37.9 Å². The number of fused-ring (bicyclic) bond motifs is 3. The Kier molecular flexibility index (Phi) is 45.7. The first-order valence-electron chi connectivity index (χ1n) is 43.6. The fourth-order valence-electron chi connectivity index (χ4n) is 14.8. The molecule has 14 atom stereocenters. The predicted octanol–water partition coefficient (Wildman–Crippen LogP) is -12.5. The van der Waals surface area contributed by atoms with E-state index in [1.165, 1.54) is 9.80 Å². The number of nitrogens with two attached hydrogens (primary N) is 9. The average molecular weight is 1870 g/mol. The van der Waals surface area contributed by atoms with Crippen LogP contribution in [-0.2, 0) is 83.1 Å². The molecule has 55 heteroatoms. The number of aromatic amines is 1. The normalized spacial score (nSPS) is 23.5. The molecule has 4 heterocycles. The van der Waals surface area contributed by atoms with Crippen LogP contribution in [-0.4, -0.2) is 306 Å². The summed E-state index contributed by atoms with van der Waals surface area (Å²) in [5.41, 5.74) is 51.4. The van der Waals surface area contributed by atoms with Gasteiger partial charge in [-0.05, 0) is 141 Å². The molecule has 3 aliphatic heterocycles. The van der Waals surface area contributed by atoms with Crippen LogP contribution in [0.3, 0.4) is 0 Å². The second-order valence-corrected chi connectivity index (χ2v) is 32.1. The molecule has 3 saturated heterocycles. The topological polar surface area (TPSA) is 945 Å². The van der Waals surface area contributed by atoms with Gasteiger partial charge in [0.25, 0.3) is 0 Å². The monoisotopic (exact) mass is 1870 g/mol. The fraction of sp³-hybridized carbons (Fsp3) is 0.603. The first kappa shape index (κ1) is 109. The summed E-state index contributed by atoms with van der Waals surface area (Å²) in [6.07, 6.45) is -2.85. The van der Waals surface area contributed by atoms with Gasteiger partial charge in [0.15, 0.2) is 41.7 Å². The van der Waals surface area contributed by atoms with Crippen molar-refractivity contribution in [2.75, 3.05) is 65.5 Å². The minimum Gasteiger partial charge on any atom is -0.394 e. The molecule has 3 aliphatic rings. The second-order valence-electron chi connectivity index (χ2n) is 32.1. The van der Waals surface area contributed by atoms with E-state index < -0.39 is 253 Å². The fourth-order valence-corrected chi connectivity index (χ4v) is 14.8. The van der Waals surface area contributed by atoms with Crippen molar-refractivity contribution < 1.29 is 81.8 Å². The molecule has 1 aromatic carbocycles. The third-order valence-electron chi connectivity index (χ3n) is 21.6. The summed E-state index contributed by atoms with van der Waals surface area (Å²) in [7, 11) is 0. The van der Waals surface area contributed by atoms with E-state index in [1.54, 1.807) is 30.5 Å². The Morgan fingerprint density at radius 1 is 0.353 bits per heavy atom. The van der Waals surface area contributed by atoms with Crippen LogP contribution in [0.4, 0.5) is 0 Å². The molecule has 16 amide bonds. The van der Waals surface area contributed by atoms with Gasteiger partial charge in [0.1, 0.15) is 84.6 Å². The Hall–Kier alpha value is -14.9. The van der Waals surface area contributed by atoms with Crippen molar-refractivity contribution in [2.45, 2.75) is 233 Å². The van der Waals surface area contributed by atoms with E-state index in [0.29, 0.717) is 16.5 Å². The molecule has 0 spiro atoms. The summed E-state index contributed by atoms with van der Waals surface area (Å²) in [4.78, 5) is 240. The number of benzene rings is 1. The number of rotatable bonds is 36. The number of nitrogens with one attached hydrogen (secondary N) is 27. The van der Waals surface area contributed by atoms with E-state index in [9.17, 15) is 53.1 Å². The number of aliphatic hydroxyl groups excluding tert-OH is 1. The lowest BCUT2D eigenvalue weighted by Crippen LogP contribution is -2.61. The van der Waals surface area contributed by atoms with Crippen molar-refractivity contribution in [1.29, 1.82) is 37.9 Å². The van der Waals surface area contributed by atoms with Crippen LogP contribution in [0.1, 0.15) is 147 Å². The lowest BCUT2D eigenvalue weighted by molar-refractivity contribution is -0.148. The third kappa shape index (κ3) is 38.4. The maximum Gasteiger partial charge on any atom is 0.246 e. The van der Waals surface area contributed by atoms with E-state index in [4.69, 9.17) is 89.5 Å². The molecule has 736 valence electrons. The van der Waals surface area contributed by atoms with E-state index in [2.05, 4.69) is 106 Å². The zero-order valence-electron chi connectivity index (χ0n) is 74.2. The summed E-state index contributed by atoms with van der Waals surface area (Å²) in [5.74, 6) is -20.4. The van der Waals surface area contributed by atoms with Crippen molar-refractivity contribution in [3.63, 3.8) is 0 Å². The lowest BCUT2D eigenvalue weighted by Gasteiger charge is -2.34. The number of H-pyrrole nitrogens is 1. The van der Waals surface area contributed by atoms with Gasteiger partial charge in [-0.2, -0.15) is 0 Å². The first-order chi connectivity index (χ1) is 63.1. The zero-order chi connectivity index (χ0) is 98.6. The molecule has 1 aromatic heterocycles. The minimum absolute atomic E-state index is 0.00204. The number of hydrogen-bond acceptors (Lipinski definition) is 24. The second kappa shape index (κ2) is 55.9. The molecule has 0 radical (unpaired) electrons. The molecular weight excluding hydrogens is 1740 g/mol. The number of aliphatic hydroxyl groups is 1. The van der Waals surface area contributed by atoms with E-state index in [1.807, 2.05) is 0 Å². The number of amides is 16. The molecule has 133 heavy (non-hydrogen) atoms. The van der Waals surface area contributed by atoms with Gasteiger partial charge < -0.3 is 173 Å². The van der Waals surface area contributed by atoms with E-state index in [0.717, 1.165) is 6.92 Å². The number of nitrogens with zero attached hydrogens (tertiary/aromatic N) is 2. The molecule has 3 fully saturated rings. The lowest BCUT2D eigenvalue weighted by atomic mass is 10.0. The largest absolute Gasteiger partial charge is 0.394 e. The summed E-state index contributed by atoms with van der Waals surface area (Å²) < 4.78 is 0. The summed E-state index contributed by atoms with van der Waals surface area (Å²) in [6.45, 7) is -0.722. The van der Waals surface area contributed by atoms with Crippen molar-refractivity contribution in [2.24, 2.45) is 51.6 Å². The van der Waals surface area contributed by atoms with Crippen LogP contribution in [0.2, 0.25) is 0 Å². The van der Waals surface area contributed by atoms with Crippen LogP contribution in [0.15, 0.2) is 30.5 Å². The highest BCUT2D eigenvalue weighted by Gasteiger charge is 2.46. The van der Waals surface area contributed by atoms with Gasteiger partial charge in [0.05, 0.1) is 13.0 Å². The summed E-state index contributed by atoms with van der Waals surface area (Å²) >= 11 is 0. The van der Waals surface area contributed by atoms with Gasteiger partial charge in [0, 0.05) is 88.8 Å². The van der Waals surface area contributed by atoms with E-state index in [-0.39, 0.29) is 174 Å². The highest BCUT2D eigenvalue weighted by atomic mass is 16.3.